The number of pyridine rings is 2. The summed E-state index contributed by atoms with van der Waals surface area (Å²) in [5, 5.41) is 3.01. The zero-order chi connectivity index (χ0) is 21.7. The molecule has 154 valence electrons. The normalized spacial score (nSPS) is 14.2. The molecule has 7 heteroatoms. The first-order valence-electron chi connectivity index (χ1n) is 10.1. The molecule has 5 aromatic rings. The number of nitrogens with zero attached hydrogens (tertiary/aromatic N) is 3. The highest BCUT2D eigenvalue weighted by Crippen LogP contribution is 2.47. The molecule has 1 amide bonds. The Morgan fingerprint density at radius 2 is 1.69 bits per heavy atom. The standard InChI is InChI=1S/C25H16FN5O/c26-19-12-27-10-8-16(19)25(32)31-23-15-5-2-1-4-14(15)22-17(23)6-3-7-18(22)24-29-20-9-11-28-13-21(20)30-24/h1-13,23H,(H,29,30)(H,31,32). The number of halogens is 1. The summed E-state index contributed by atoms with van der Waals surface area (Å²) in [6.07, 6.45) is 5.90. The number of hydrogen-bond donors (Lipinski definition) is 2. The minimum Gasteiger partial charge on any atom is -0.341 e. The summed E-state index contributed by atoms with van der Waals surface area (Å²) in [6, 6.07) is 16.7. The molecular formula is C25H16FN5O. The number of H-pyrrole nitrogens is 1. The Morgan fingerprint density at radius 1 is 0.906 bits per heavy atom. The monoisotopic (exact) mass is 421 g/mol. The van der Waals surface area contributed by atoms with Crippen molar-refractivity contribution < 1.29 is 9.18 Å². The summed E-state index contributed by atoms with van der Waals surface area (Å²) in [7, 11) is 0. The summed E-state index contributed by atoms with van der Waals surface area (Å²) in [4.78, 5) is 28.9. The summed E-state index contributed by atoms with van der Waals surface area (Å²) in [5.74, 6) is -0.411. The maximum atomic E-state index is 14.2. The van der Waals surface area contributed by atoms with Gasteiger partial charge in [-0.1, -0.05) is 42.5 Å². The lowest BCUT2D eigenvalue weighted by molar-refractivity contribution is 0.0939. The molecule has 1 aliphatic rings. The SMILES string of the molecule is O=C(NC1c2ccccc2-c2c(-c3nc4ccncc4[nH]3)cccc21)c1ccncc1F. The predicted molar refractivity (Wildman–Crippen MR) is 118 cm³/mol. The fraction of sp³-hybridized carbons (Fsp3) is 0.0400. The molecule has 0 saturated carbocycles. The van der Waals surface area contributed by atoms with Crippen LogP contribution in [0.4, 0.5) is 4.39 Å². The number of amides is 1. The molecule has 1 unspecified atom stereocenters. The summed E-state index contributed by atoms with van der Waals surface area (Å²) in [5.41, 5.74) is 6.47. The van der Waals surface area contributed by atoms with E-state index in [0.717, 1.165) is 50.9 Å². The van der Waals surface area contributed by atoms with E-state index in [1.807, 2.05) is 48.5 Å². The number of benzene rings is 2. The van der Waals surface area contributed by atoms with Gasteiger partial charge < -0.3 is 10.3 Å². The van der Waals surface area contributed by atoms with Crippen molar-refractivity contribution in [2.24, 2.45) is 0 Å². The Labute approximate surface area is 182 Å². The van der Waals surface area contributed by atoms with Crippen LogP contribution in [0.5, 0.6) is 0 Å². The fourth-order valence-electron chi connectivity index (χ4n) is 4.36. The molecule has 3 aromatic heterocycles. The Bertz CT molecular complexity index is 1480. The molecule has 0 bridgehead atoms. The van der Waals surface area contributed by atoms with E-state index >= 15 is 0 Å². The van der Waals surface area contributed by atoms with E-state index in [4.69, 9.17) is 4.98 Å². The highest BCUT2D eigenvalue weighted by atomic mass is 19.1. The van der Waals surface area contributed by atoms with Crippen molar-refractivity contribution in [3.8, 4) is 22.5 Å². The largest absolute Gasteiger partial charge is 0.341 e. The molecule has 1 aliphatic carbocycles. The van der Waals surface area contributed by atoms with Crippen LogP contribution in [0.15, 0.2) is 79.4 Å². The number of nitrogens with one attached hydrogen (secondary N) is 2. The van der Waals surface area contributed by atoms with Gasteiger partial charge in [0.15, 0.2) is 5.82 Å². The van der Waals surface area contributed by atoms with E-state index in [9.17, 15) is 9.18 Å². The average Bonchev–Trinajstić information content (AvgIpc) is 3.39. The fourth-order valence-corrected chi connectivity index (χ4v) is 4.36. The molecule has 2 N–H and O–H groups in total. The average molecular weight is 421 g/mol. The van der Waals surface area contributed by atoms with Gasteiger partial charge in [0.25, 0.3) is 5.91 Å². The molecule has 32 heavy (non-hydrogen) atoms. The van der Waals surface area contributed by atoms with Crippen molar-refractivity contribution in [2.45, 2.75) is 6.04 Å². The second-order valence-corrected chi connectivity index (χ2v) is 7.60. The lowest BCUT2D eigenvalue weighted by Crippen LogP contribution is -2.28. The van der Waals surface area contributed by atoms with E-state index < -0.39 is 17.8 Å². The van der Waals surface area contributed by atoms with Crippen molar-refractivity contribution in [1.29, 1.82) is 0 Å². The van der Waals surface area contributed by atoms with Gasteiger partial charge in [0, 0.05) is 18.0 Å². The third-order valence-corrected chi connectivity index (χ3v) is 5.78. The van der Waals surface area contributed by atoms with Crippen molar-refractivity contribution >= 4 is 16.9 Å². The Balaban J connectivity index is 1.49. The Morgan fingerprint density at radius 3 is 2.56 bits per heavy atom. The molecule has 3 heterocycles. The number of aromatic nitrogens is 4. The van der Waals surface area contributed by atoms with Crippen molar-refractivity contribution in [3.05, 3.63) is 102 Å². The van der Waals surface area contributed by atoms with E-state index in [2.05, 4.69) is 20.3 Å². The van der Waals surface area contributed by atoms with Gasteiger partial charge in [-0.15, -0.1) is 0 Å². The summed E-state index contributed by atoms with van der Waals surface area (Å²) >= 11 is 0. The van der Waals surface area contributed by atoms with Gasteiger partial charge in [0.2, 0.25) is 0 Å². The van der Waals surface area contributed by atoms with Gasteiger partial charge in [0.05, 0.1) is 35.0 Å². The minimum absolute atomic E-state index is 0.0353. The zero-order valence-corrected chi connectivity index (χ0v) is 16.7. The van der Waals surface area contributed by atoms with Crippen LogP contribution in [0.25, 0.3) is 33.5 Å². The molecule has 0 fully saturated rings. The maximum absolute atomic E-state index is 14.2. The second kappa shape index (κ2) is 7.09. The minimum atomic E-state index is -0.652. The first-order chi connectivity index (χ1) is 15.7. The summed E-state index contributed by atoms with van der Waals surface area (Å²) < 4.78 is 14.2. The topological polar surface area (TPSA) is 83.6 Å². The van der Waals surface area contributed by atoms with Crippen LogP contribution < -0.4 is 5.32 Å². The number of carbonyl (C=O) groups excluding carboxylic acids is 1. The third kappa shape index (κ3) is 2.79. The van der Waals surface area contributed by atoms with Crippen molar-refractivity contribution in [2.75, 3.05) is 0 Å². The molecule has 1 atom stereocenters. The summed E-state index contributed by atoms with van der Waals surface area (Å²) in [6.45, 7) is 0. The lowest BCUT2D eigenvalue weighted by atomic mass is 9.98. The second-order valence-electron chi connectivity index (χ2n) is 7.60. The number of hydrogen-bond acceptors (Lipinski definition) is 4. The van der Waals surface area contributed by atoms with Crippen LogP contribution in [0.3, 0.4) is 0 Å². The van der Waals surface area contributed by atoms with E-state index in [0.29, 0.717) is 0 Å². The van der Waals surface area contributed by atoms with Crippen LogP contribution in [0, 0.1) is 5.82 Å². The predicted octanol–water partition coefficient (Wildman–Crippen LogP) is 4.66. The van der Waals surface area contributed by atoms with Gasteiger partial charge in [0.1, 0.15) is 5.82 Å². The highest BCUT2D eigenvalue weighted by Gasteiger charge is 2.32. The molecule has 6 rings (SSSR count). The van der Waals surface area contributed by atoms with Crippen molar-refractivity contribution in [1.82, 2.24) is 25.3 Å². The van der Waals surface area contributed by atoms with Gasteiger partial charge in [-0.3, -0.25) is 14.8 Å². The Hall–Kier alpha value is -4.39. The van der Waals surface area contributed by atoms with E-state index in [1.54, 1.807) is 12.4 Å². The quantitative estimate of drug-likeness (QED) is 0.444. The Kier molecular flexibility index (Phi) is 4.07. The van der Waals surface area contributed by atoms with E-state index in [1.165, 1.54) is 12.3 Å². The number of rotatable bonds is 3. The van der Waals surface area contributed by atoms with Gasteiger partial charge in [-0.2, -0.15) is 0 Å². The maximum Gasteiger partial charge on any atom is 0.255 e. The van der Waals surface area contributed by atoms with Crippen LogP contribution in [0.2, 0.25) is 0 Å². The van der Waals surface area contributed by atoms with Gasteiger partial charge in [-0.05, 0) is 34.4 Å². The smallest absolute Gasteiger partial charge is 0.255 e. The van der Waals surface area contributed by atoms with Crippen LogP contribution in [-0.4, -0.2) is 25.8 Å². The van der Waals surface area contributed by atoms with Crippen molar-refractivity contribution in [3.63, 3.8) is 0 Å². The highest BCUT2D eigenvalue weighted by molar-refractivity contribution is 5.97. The van der Waals surface area contributed by atoms with Gasteiger partial charge in [-0.25, -0.2) is 9.37 Å². The van der Waals surface area contributed by atoms with Crippen LogP contribution in [-0.2, 0) is 0 Å². The number of fused-ring (bicyclic) bond motifs is 4. The van der Waals surface area contributed by atoms with Crippen LogP contribution in [0.1, 0.15) is 27.5 Å². The molecule has 0 aliphatic heterocycles. The van der Waals surface area contributed by atoms with Gasteiger partial charge >= 0.3 is 0 Å². The zero-order valence-electron chi connectivity index (χ0n) is 16.7. The molecular weight excluding hydrogens is 405 g/mol. The molecule has 0 radical (unpaired) electrons. The number of carbonyl (C=O) groups is 1. The lowest BCUT2D eigenvalue weighted by Gasteiger charge is -2.16. The van der Waals surface area contributed by atoms with Crippen LogP contribution >= 0.6 is 0 Å². The van der Waals surface area contributed by atoms with E-state index in [-0.39, 0.29) is 5.56 Å². The third-order valence-electron chi connectivity index (χ3n) is 5.78. The number of aromatic amines is 1. The number of imidazole rings is 1. The molecule has 6 nitrogen and oxygen atoms in total. The first kappa shape index (κ1) is 18.4. The molecule has 2 aromatic carbocycles. The molecule has 0 spiro atoms. The first-order valence-corrected chi connectivity index (χ1v) is 10.1. The molecule has 0 saturated heterocycles.